The number of hydrogen-bond donors (Lipinski definition) is 1. The van der Waals surface area contributed by atoms with Gasteiger partial charge in [-0.25, -0.2) is 4.39 Å². The third kappa shape index (κ3) is 5.33. The summed E-state index contributed by atoms with van der Waals surface area (Å²) in [5.74, 6) is -0.0253. The topological polar surface area (TPSA) is 92.8 Å². The van der Waals surface area contributed by atoms with E-state index < -0.39 is 24.2 Å². The van der Waals surface area contributed by atoms with Crippen LogP contribution >= 0.6 is 0 Å². The van der Waals surface area contributed by atoms with Crippen molar-refractivity contribution in [3.8, 4) is 0 Å². The third-order valence-electron chi connectivity index (χ3n) is 12.1. The highest BCUT2D eigenvalue weighted by Gasteiger charge is 2.61. The second kappa shape index (κ2) is 12.5. The molecule has 0 radical (unpaired) electrons. The molecule has 4 saturated heterocycles. The van der Waals surface area contributed by atoms with Crippen LogP contribution in [0.1, 0.15) is 51.4 Å². The van der Waals surface area contributed by atoms with Gasteiger partial charge in [-0.05, 0) is 63.5 Å². The average Bonchev–Trinajstić information content (AvgIpc) is 3.42. The first-order valence-electron chi connectivity index (χ1n) is 17.5. The summed E-state index contributed by atoms with van der Waals surface area (Å²) in [5, 5.41) is 3.56. The number of ether oxygens (including phenoxy) is 4. The molecule has 5 aliphatic heterocycles. The summed E-state index contributed by atoms with van der Waals surface area (Å²) in [5.41, 5.74) is 0.208. The number of Topliss-reactive ketones (excluding diaryl/α,β-unsaturated/α-hetero) is 1. The molecule has 11 heteroatoms. The number of halogens is 1. The minimum Gasteiger partial charge on any atom is -0.379 e. The highest BCUT2D eigenvalue weighted by molar-refractivity contribution is 6.20. The van der Waals surface area contributed by atoms with E-state index >= 15 is 4.39 Å². The summed E-state index contributed by atoms with van der Waals surface area (Å²) < 4.78 is 40.8. The number of ketones is 1. The fourth-order valence-corrected chi connectivity index (χ4v) is 9.95. The zero-order chi connectivity index (χ0) is 29.8. The van der Waals surface area contributed by atoms with Gasteiger partial charge in [0.05, 0.1) is 74.5 Å². The second-order valence-electron chi connectivity index (χ2n) is 14.4. The molecule has 8 rings (SSSR count). The number of rotatable bonds is 6. The van der Waals surface area contributed by atoms with E-state index in [1.54, 1.807) is 4.90 Å². The van der Waals surface area contributed by atoms with Gasteiger partial charge in [-0.15, -0.1) is 0 Å². The molecule has 244 valence electrons. The van der Waals surface area contributed by atoms with Crippen molar-refractivity contribution < 1.29 is 32.9 Å². The van der Waals surface area contributed by atoms with Crippen molar-refractivity contribution in [1.82, 2.24) is 20.0 Å². The maximum Gasteiger partial charge on any atom is 0.259 e. The molecule has 11 atom stereocenters. The fourth-order valence-electron chi connectivity index (χ4n) is 9.95. The molecule has 8 aliphatic rings. The predicted octanol–water partition coefficient (Wildman–Crippen LogP) is 1.52. The van der Waals surface area contributed by atoms with Crippen molar-refractivity contribution in [1.29, 1.82) is 0 Å². The lowest BCUT2D eigenvalue weighted by atomic mass is 9.67. The molecule has 0 aromatic heterocycles. The summed E-state index contributed by atoms with van der Waals surface area (Å²) in [6.45, 7) is 6.95. The van der Waals surface area contributed by atoms with Crippen LogP contribution in [-0.4, -0.2) is 141 Å². The number of hydrogen-bond acceptors (Lipinski definition) is 9. The lowest BCUT2D eigenvalue weighted by Crippen LogP contribution is -2.73. The molecule has 0 spiro atoms. The Morgan fingerprint density at radius 3 is 2.50 bits per heavy atom. The van der Waals surface area contributed by atoms with E-state index in [2.05, 4.69) is 15.1 Å². The van der Waals surface area contributed by atoms with Crippen LogP contribution in [0.25, 0.3) is 0 Å². The van der Waals surface area contributed by atoms with Crippen LogP contribution < -0.4 is 5.32 Å². The Kier molecular flexibility index (Phi) is 8.47. The first-order valence-corrected chi connectivity index (χ1v) is 17.5. The number of nitrogens with one attached hydrogen (secondary N) is 1. The van der Waals surface area contributed by atoms with E-state index in [0.717, 1.165) is 58.5 Å². The molecule has 1 amide bonds. The Balaban J connectivity index is 1.06. The number of carbonyl (C=O) groups is 2. The van der Waals surface area contributed by atoms with Gasteiger partial charge in [-0.3, -0.25) is 14.5 Å². The van der Waals surface area contributed by atoms with Gasteiger partial charge in [-0.2, -0.15) is 0 Å². The summed E-state index contributed by atoms with van der Waals surface area (Å²) in [4.78, 5) is 34.2. The first kappa shape index (κ1) is 29.8. The SMILES string of the molecule is O=C1C(C(=O)N2CCOCC2)=CN2C3CC4OC5CCCCC5C4CC3OC3C(NCCCN4CCOCC4)C(F)CC1C32. The molecule has 10 nitrogen and oxygen atoms in total. The van der Waals surface area contributed by atoms with Gasteiger partial charge >= 0.3 is 0 Å². The van der Waals surface area contributed by atoms with Gasteiger partial charge in [-0.1, -0.05) is 12.8 Å². The van der Waals surface area contributed by atoms with Gasteiger partial charge in [0.2, 0.25) is 0 Å². The van der Waals surface area contributed by atoms with E-state index in [0.29, 0.717) is 50.8 Å². The van der Waals surface area contributed by atoms with E-state index in [4.69, 9.17) is 18.9 Å². The molecule has 3 aliphatic carbocycles. The quantitative estimate of drug-likeness (QED) is 0.352. The van der Waals surface area contributed by atoms with E-state index in [-0.39, 0.29) is 48.0 Å². The van der Waals surface area contributed by atoms with Crippen LogP contribution in [-0.2, 0) is 28.5 Å². The van der Waals surface area contributed by atoms with Gasteiger partial charge in [0.25, 0.3) is 5.91 Å². The lowest BCUT2D eigenvalue weighted by molar-refractivity contribution is -0.209. The average molecular weight is 617 g/mol. The minimum absolute atomic E-state index is 0.0128. The molecule has 11 unspecified atom stereocenters. The summed E-state index contributed by atoms with van der Waals surface area (Å²) in [6, 6.07) is -0.755. The van der Waals surface area contributed by atoms with Gasteiger partial charge in [0.1, 0.15) is 6.17 Å². The number of nitrogens with zero attached hydrogens (tertiary/aromatic N) is 3. The zero-order valence-corrected chi connectivity index (χ0v) is 25.8. The molecular formula is C33H49FN4O6. The molecule has 0 aromatic rings. The Morgan fingerprint density at radius 2 is 1.68 bits per heavy atom. The molecule has 1 N–H and O–H groups in total. The molecule has 7 fully saturated rings. The number of morpholine rings is 3. The fraction of sp³-hybridized carbons (Fsp3) is 0.879. The number of carbonyl (C=O) groups excluding carboxylic acids is 2. The van der Waals surface area contributed by atoms with Crippen molar-refractivity contribution in [3.63, 3.8) is 0 Å². The maximum absolute atomic E-state index is 16.2. The number of amides is 1. The molecule has 44 heavy (non-hydrogen) atoms. The Bertz CT molecular complexity index is 1110. The van der Waals surface area contributed by atoms with Gasteiger partial charge < -0.3 is 34.1 Å². The van der Waals surface area contributed by atoms with Crippen molar-refractivity contribution in [2.24, 2.45) is 17.8 Å². The Hall–Kier alpha value is -1.63. The second-order valence-corrected chi connectivity index (χ2v) is 14.4. The lowest BCUT2D eigenvalue weighted by Gasteiger charge is -2.60. The molecule has 3 saturated carbocycles. The smallest absolute Gasteiger partial charge is 0.259 e. The monoisotopic (exact) mass is 616 g/mol. The van der Waals surface area contributed by atoms with E-state index in [9.17, 15) is 9.59 Å². The molecular weight excluding hydrogens is 567 g/mol. The maximum atomic E-state index is 16.2. The van der Waals surface area contributed by atoms with Crippen molar-refractivity contribution in [3.05, 3.63) is 11.8 Å². The third-order valence-corrected chi connectivity index (χ3v) is 12.1. The summed E-state index contributed by atoms with van der Waals surface area (Å²) >= 11 is 0. The van der Waals surface area contributed by atoms with Gasteiger partial charge in [0, 0.05) is 38.3 Å². The van der Waals surface area contributed by atoms with E-state index in [1.807, 2.05) is 6.20 Å². The van der Waals surface area contributed by atoms with Gasteiger partial charge in [0.15, 0.2) is 5.78 Å². The largest absolute Gasteiger partial charge is 0.379 e. The minimum atomic E-state index is -1.22. The predicted molar refractivity (Wildman–Crippen MR) is 159 cm³/mol. The Labute approximate surface area is 259 Å². The van der Waals surface area contributed by atoms with Crippen molar-refractivity contribution >= 4 is 11.7 Å². The van der Waals surface area contributed by atoms with Crippen molar-refractivity contribution in [2.45, 2.75) is 100 Å². The van der Waals surface area contributed by atoms with Crippen LogP contribution in [0.2, 0.25) is 0 Å². The highest BCUT2D eigenvalue weighted by Crippen LogP contribution is 2.52. The Morgan fingerprint density at radius 1 is 0.909 bits per heavy atom. The first-order chi connectivity index (χ1) is 21.6. The van der Waals surface area contributed by atoms with Crippen LogP contribution in [0.5, 0.6) is 0 Å². The molecule has 0 bridgehead atoms. The number of fused-ring (bicyclic) bond motifs is 5. The normalized spacial score (nSPS) is 43.9. The number of alkyl halides is 1. The van der Waals surface area contributed by atoms with Crippen LogP contribution in [0.3, 0.4) is 0 Å². The highest BCUT2D eigenvalue weighted by atomic mass is 19.1. The van der Waals surface area contributed by atoms with Crippen LogP contribution in [0, 0.1) is 17.8 Å². The van der Waals surface area contributed by atoms with Crippen molar-refractivity contribution in [2.75, 3.05) is 65.7 Å². The molecule has 5 heterocycles. The van der Waals surface area contributed by atoms with Crippen LogP contribution in [0.4, 0.5) is 4.39 Å². The molecule has 0 aromatic carbocycles. The summed E-state index contributed by atoms with van der Waals surface area (Å²) in [6.07, 6.45) is 8.23. The zero-order valence-electron chi connectivity index (χ0n) is 25.8. The standard InChI is InChI=1S/C33H49FN4O6/c34-24-16-22-30-32(29(24)35-6-3-7-36-8-12-41-13-9-36)44-28-17-21-20-4-1-2-5-26(20)43-27(21)18-25(28)38(30)19-23(31(22)39)33(40)37-10-14-42-15-11-37/h19-22,24-30,32,35H,1-18H2. The van der Waals surface area contributed by atoms with E-state index in [1.165, 1.54) is 19.3 Å². The summed E-state index contributed by atoms with van der Waals surface area (Å²) in [7, 11) is 0. The van der Waals surface area contributed by atoms with Crippen LogP contribution in [0.15, 0.2) is 11.8 Å².